The van der Waals surface area contributed by atoms with E-state index in [9.17, 15) is 19.7 Å². The molecule has 1 fully saturated rings. The third-order valence-corrected chi connectivity index (χ3v) is 4.45. The first kappa shape index (κ1) is 19.3. The summed E-state index contributed by atoms with van der Waals surface area (Å²) in [7, 11) is 0. The van der Waals surface area contributed by atoms with Crippen LogP contribution in [0.3, 0.4) is 0 Å². The maximum absolute atomic E-state index is 12.6. The lowest BCUT2D eigenvalue weighted by molar-refractivity contribution is -0.384. The van der Waals surface area contributed by atoms with Crippen molar-refractivity contribution in [2.24, 2.45) is 0 Å². The number of anilines is 2. The van der Waals surface area contributed by atoms with Gasteiger partial charge in [-0.2, -0.15) is 0 Å². The second kappa shape index (κ2) is 8.08. The van der Waals surface area contributed by atoms with Gasteiger partial charge in [-0.15, -0.1) is 0 Å². The van der Waals surface area contributed by atoms with Gasteiger partial charge in [-0.05, 0) is 49.6 Å². The highest BCUT2D eigenvalue weighted by Crippen LogP contribution is 2.31. The number of amides is 2. The zero-order chi connectivity index (χ0) is 20.3. The molecule has 0 saturated heterocycles. The van der Waals surface area contributed by atoms with Gasteiger partial charge in [0.1, 0.15) is 5.69 Å². The molecule has 1 saturated carbocycles. The van der Waals surface area contributed by atoms with E-state index in [0.29, 0.717) is 11.4 Å². The summed E-state index contributed by atoms with van der Waals surface area (Å²) in [4.78, 5) is 34.7. The molecule has 8 heteroatoms. The molecule has 0 radical (unpaired) electrons. The maximum atomic E-state index is 12.6. The molecule has 1 unspecified atom stereocenters. The van der Waals surface area contributed by atoms with E-state index in [2.05, 4.69) is 16.0 Å². The van der Waals surface area contributed by atoms with Gasteiger partial charge in [0.15, 0.2) is 0 Å². The van der Waals surface area contributed by atoms with Crippen LogP contribution in [-0.2, 0) is 4.79 Å². The fraction of sp³-hybridized carbons (Fsp3) is 0.300. The molecular weight excluding hydrogens is 360 g/mol. The Balaban J connectivity index is 1.74. The minimum Gasteiger partial charge on any atom is -0.377 e. The van der Waals surface area contributed by atoms with E-state index in [0.717, 1.165) is 18.4 Å². The van der Waals surface area contributed by atoms with Crippen molar-refractivity contribution < 1.29 is 14.5 Å². The maximum Gasteiger partial charge on any atom is 0.293 e. The summed E-state index contributed by atoms with van der Waals surface area (Å²) in [5, 5.41) is 20.0. The Morgan fingerprint density at radius 2 is 1.93 bits per heavy atom. The van der Waals surface area contributed by atoms with E-state index in [1.54, 1.807) is 30.3 Å². The van der Waals surface area contributed by atoms with Gasteiger partial charge in [-0.1, -0.05) is 12.1 Å². The molecule has 2 aromatic rings. The van der Waals surface area contributed by atoms with Crippen molar-refractivity contribution in [2.45, 2.75) is 38.8 Å². The Kier molecular flexibility index (Phi) is 5.58. The molecular formula is C20H22N4O4. The number of carbonyl (C=O) groups is 2. The number of hydrogen-bond acceptors (Lipinski definition) is 5. The van der Waals surface area contributed by atoms with Crippen LogP contribution in [0, 0.1) is 10.1 Å². The summed E-state index contributed by atoms with van der Waals surface area (Å²) in [5.74, 6) is -0.584. The predicted molar refractivity (Wildman–Crippen MR) is 106 cm³/mol. The summed E-state index contributed by atoms with van der Waals surface area (Å²) in [6.07, 6.45) is 1.99. The highest BCUT2D eigenvalue weighted by Gasteiger charge is 2.25. The van der Waals surface area contributed by atoms with Crippen molar-refractivity contribution in [2.75, 3.05) is 10.6 Å². The topological polar surface area (TPSA) is 113 Å². The lowest BCUT2D eigenvalue weighted by Gasteiger charge is -2.16. The molecule has 0 bridgehead atoms. The average molecular weight is 382 g/mol. The first-order valence-electron chi connectivity index (χ1n) is 9.07. The van der Waals surface area contributed by atoms with Crippen LogP contribution in [0.15, 0.2) is 42.5 Å². The molecule has 2 amide bonds. The first-order valence-corrected chi connectivity index (χ1v) is 9.07. The third-order valence-electron chi connectivity index (χ3n) is 4.45. The molecule has 28 heavy (non-hydrogen) atoms. The Labute approximate surface area is 162 Å². The number of rotatable bonds is 7. The van der Waals surface area contributed by atoms with Gasteiger partial charge in [0, 0.05) is 30.3 Å². The highest BCUT2D eigenvalue weighted by molar-refractivity contribution is 5.96. The van der Waals surface area contributed by atoms with E-state index in [-0.39, 0.29) is 29.2 Å². The molecule has 1 aliphatic carbocycles. The molecule has 1 aliphatic rings. The number of carbonyl (C=O) groups excluding carboxylic acids is 2. The van der Waals surface area contributed by atoms with E-state index in [4.69, 9.17) is 0 Å². The molecule has 0 aromatic heterocycles. The second-order valence-electron chi connectivity index (χ2n) is 6.91. The second-order valence-corrected chi connectivity index (χ2v) is 6.91. The van der Waals surface area contributed by atoms with Crippen LogP contribution < -0.4 is 16.0 Å². The molecule has 2 aromatic carbocycles. The lowest BCUT2D eigenvalue weighted by Crippen LogP contribution is -2.26. The molecule has 0 heterocycles. The Bertz CT molecular complexity index is 924. The number of benzene rings is 2. The molecule has 3 rings (SSSR count). The van der Waals surface area contributed by atoms with Crippen LogP contribution in [-0.4, -0.2) is 22.8 Å². The fourth-order valence-electron chi connectivity index (χ4n) is 2.85. The molecule has 8 nitrogen and oxygen atoms in total. The lowest BCUT2D eigenvalue weighted by atomic mass is 10.1. The molecule has 1 atom stereocenters. The number of hydrogen-bond donors (Lipinski definition) is 3. The largest absolute Gasteiger partial charge is 0.377 e. The van der Waals surface area contributed by atoms with Crippen molar-refractivity contribution in [1.82, 2.24) is 5.32 Å². The average Bonchev–Trinajstić information content (AvgIpc) is 3.45. The summed E-state index contributed by atoms with van der Waals surface area (Å²) < 4.78 is 0. The van der Waals surface area contributed by atoms with Gasteiger partial charge in [0.25, 0.3) is 11.6 Å². The van der Waals surface area contributed by atoms with Crippen LogP contribution in [0.2, 0.25) is 0 Å². The van der Waals surface area contributed by atoms with Crippen molar-refractivity contribution >= 4 is 28.9 Å². The fourth-order valence-corrected chi connectivity index (χ4v) is 2.85. The normalized spacial score (nSPS) is 14.1. The molecule has 0 spiro atoms. The predicted octanol–water partition coefficient (Wildman–Crippen LogP) is 3.62. The van der Waals surface area contributed by atoms with Crippen LogP contribution in [0.5, 0.6) is 0 Å². The Morgan fingerprint density at radius 1 is 1.18 bits per heavy atom. The van der Waals surface area contributed by atoms with Crippen molar-refractivity contribution in [3.8, 4) is 0 Å². The molecule has 3 N–H and O–H groups in total. The quantitative estimate of drug-likeness (QED) is 0.500. The number of nitrogens with one attached hydrogen (secondary N) is 3. The minimum absolute atomic E-state index is 0.111. The van der Waals surface area contributed by atoms with Crippen molar-refractivity contribution in [3.63, 3.8) is 0 Å². The van der Waals surface area contributed by atoms with Crippen LogP contribution in [0.4, 0.5) is 17.1 Å². The van der Waals surface area contributed by atoms with Crippen molar-refractivity contribution in [3.05, 3.63) is 63.7 Å². The summed E-state index contributed by atoms with van der Waals surface area (Å²) in [5.41, 5.74) is 1.98. The van der Waals surface area contributed by atoms with Crippen LogP contribution >= 0.6 is 0 Å². The zero-order valence-electron chi connectivity index (χ0n) is 15.7. The smallest absolute Gasteiger partial charge is 0.293 e. The Hall–Kier alpha value is -3.42. The zero-order valence-corrected chi connectivity index (χ0v) is 15.7. The summed E-state index contributed by atoms with van der Waals surface area (Å²) in [6, 6.07) is 11.5. The van der Waals surface area contributed by atoms with Gasteiger partial charge < -0.3 is 16.0 Å². The SMILES string of the molecule is CC(=O)Nc1cccc(C(C)NC(=O)c2ccc(NC3CC3)c([N+](=O)[O-])c2)c1. The van der Waals surface area contributed by atoms with Gasteiger partial charge in [-0.3, -0.25) is 19.7 Å². The Morgan fingerprint density at radius 3 is 2.57 bits per heavy atom. The standard InChI is InChI=1S/C20H22N4O4/c1-12(14-4-3-5-17(10-14)22-13(2)25)21-20(26)15-6-9-18(23-16-7-8-16)19(11-15)24(27)28/h3-6,9-12,16,23H,7-8H2,1-2H3,(H,21,26)(H,22,25). The van der Waals surface area contributed by atoms with Gasteiger partial charge >= 0.3 is 0 Å². The number of nitro benzene ring substituents is 1. The van der Waals surface area contributed by atoms with Crippen LogP contribution in [0.25, 0.3) is 0 Å². The van der Waals surface area contributed by atoms with Gasteiger partial charge in [0.05, 0.1) is 11.0 Å². The van der Waals surface area contributed by atoms with E-state index < -0.39 is 10.8 Å². The molecule has 146 valence electrons. The summed E-state index contributed by atoms with van der Waals surface area (Å²) in [6.45, 7) is 3.23. The van der Waals surface area contributed by atoms with Gasteiger partial charge in [-0.25, -0.2) is 0 Å². The first-order chi connectivity index (χ1) is 13.3. The van der Waals surface area contributed by atoms with E-state index in [1.165, 1.54) is 13.0 Å². The summed E-state index contributed by atoms with van der Waals surface area (Å²) >= 11 is 0. The van der Waals surface area contributed by atoms with E-state index >= 15 is 0 Å². The third kappa shape index (κ3) is 4.85. The van der Waals surface area contributed by atoms with Crippen molar-refractivity contribution in [1.29, 1.82) is 0 Å². The monoisotopic (exact) mass is 382 g/mol. The van der Waals surface area contributed by atoms with Gasteiger partial charge in [0.2, 0.25) is 5.91 Å². The van der Waals surface area contributed by atoms with Crippen LogP contribution in [0.1, 0.15) is 48.7 Å². The molecule has 0 aliphatic heterocycles. The van der Waals surface area contributed by atoms with E-state index in [1.807, 2.05) is 13.0 Å². The highest BCUT2D eigenvalue weighted by atomic mass is 16.6. The minimum atomic E-state index is -0.484. The number of nitro groups is 1. The number of nitrogens with zero attached hydrogens (tertiary/aromatic N) is 1.